The third-order valence-corrected chi connectivity index (χ3v) is 3.57. The van der Waals surface area contributed by atoms with Crippen molar-refractivity contribution in [3.05, 3.63) is 35.4 Å². The van der Waals surface area contributed by atoms with Crippen LogP contribution < -0.4 is 10.6 Å². The molecule has 0 aromatic heterocycles. The zero-order chi connectivity index (χ0) is 17.5. The summed E-state index contributed by atoms with van der Waals surface area (Å²) in [6, 6.07) is 8.59. The predicted octanol–water partition coefficient (Wildman–Crippen LogP) is 3.15. The maximum atomic E-state index is 5.53. The second kappa shape index (κ2) is 16.6. The molecule has 0 atom stereocenters. The summed E-state index contributed by atoms with van der Waals surface area (Å²) < 4.78 is 11.0. The Balaban J connectivity index is 0.00000576. The molecule has 0 amide bonds. The highest BCUT2D eigenvalue weighted by atomic mass is 127. The van der Waals surface area contributed by atoms with Crippen LogP contribution in [0.3, 0.4) is 0 Å². The predicted molar refractivity (Wildman–Crippen MR) is 116 cm³/mol. The fourth-order valence-corrected chi connectivity index (χ4v) is 2.22. The minimum Gasteiger partial charge on any atom is -0.379 e. The number of ether oxygens (including phenoxy) is 2. The highest BCUT2D eigenvalue weighted by molar-refractivity contribution is 14.0. The number of unbranched alkanes of at least 4 members (excludes halogenated alkanes) is 1. The fourth-order valence-electron chi connectivity index (χ4n) is 2.22. The van der Waals surface area contributed by atoms with Gasteiger partial charge in [-0.2, -0.15) is 0 Å². The van der Waals surface area contributed by atoms with E-state index in [0.29, 0.717) is 19.8 Å². The monoisotopic (exact) mass is 463 g/mol. The van der Waals surface area contributed by atoms with Crippen LogP contribution in [0.5, 0.6) is 0 Å². The van der Waals surface area contributed by atoms with Crippen LogP contribution in [-0.4, -0.2) is 52.5 Å². The molecule has 144 valence electrons. The van der Waals surface area contributed by atoms with Crippen LogP contribution in [0, 0.1) is 6.92 Å². The molecule has 0 spiro atoms. The number of hydrogen-bond acceptors (Lipinski definition) is 3. The summed E-state index contributed by atoms with van der Waals surface area (Å²) >= 11 is 0. The lowest BCUT2D eigenvalue weighted by molar-refractivity contribution is 0.0487. The van der Waals surface area contributed by atoms with Gasteiger partial charge in [-0.05, 0) is 25.3 Å². The minimum absolute atomic E-state index is 0. The van der Waals surface area contributed by atoms with Gasteiger partial charge in [0.25, 0.3) is 0 Å². The van der Waals surface area contributed by atoms with Gasteiger partial charge in [-0.1, -0.05) is 43.2 Å². The van der Waals surface area contributed by atoms with Crippen molar-refractivity contribution in [2.45, 2.75) is 33.1 Å². The van der Waals surface area contributed by atoms with E-state index >= 15 is 0 Å². The van der Waals surface area contributed by atoms with E-state index in [2.05, 4.69) is 53.7 Å². The molecule has 5 nitrogen and oxygen atoms in total. The lowest BCUT2D eigenvalue weighted by Gasteiger charge is -2.12. The zero-order valence-electron chi connectivity index (χ0n) is 15.8. The highest BCUT2D eigenvalue weighted by Crippen LogP contribution is 2.03. The van der Waals surface area contributed by atoms with Crippen molar-refractivity contribution in [3.8, 4) is 0 Å². The lowest BCUT2D eigenvalue weighted by atomic mass is 10.1. The van der Waals surface area contributed by atoms with E-state index in [-0.39, 0.29) is 24.0 Å². The van der Waals surface area contributed by atoms with Gasteiger partial charge < -0.3 is 20.1 Å². The van der Waals surface area contributed by atoms with E-state index in [1.807, 2.05) is 0 Å². The Morgan fingerprint density at radius 1 is 1.04 bits per heavy atom. The molecule has 25 heavy (non-hydrogen) atoms. The smallest absolute Gasteiger partial charge is 0.191 e. The minimum atomic E-state index is 0. The highest BCUT2D eigenvalue weighted by Gasteiger charge is 1.98. The first-order valence-electron chi connectivity index (χ1n) is 8.91. The molecule has 0 fully saturated rings. The van der Waals surface area contributed by atoms with Gasteiger partial charge in [-0.25, -0.2) is 0 Å². The van der Waals surface area contributed by atoms with Crippen molar-refractivity contribution in [2.24, 2.45) is 4.99 Å². The molecule has 1 rings (SSSR count). The number of hydrogen-bond donors (Lipinski definition) is 2. The molecule has 0 saturated carbocycles. The van der Waals surface area contributed by atoms with E-state index in [4.69, 9.17) is 9.47 Å². The van der Waals surface area contributed by atoms with Crippen LogP contribution in [0.15, 0.2) is 29.3 Å². The summed E-state index contributed by atoms with van der Waals surface area (Å²) in [7, 11) is 1.78. The van der Waals surface area contributed by atoms with Gasteiger partial charge >= 0.3 is 0 Å². The van der Waals surface area contributed by atoms with Gasteiger partial charge in [-0.15, -0.1) is 24.0 Å². The summed E-state index contributed by atoms with van der Waals surface area (Å²) in [6.45, 7) is 8.66. The number of rotatable bonds is 12. The molecule has 0 aliphatic carbocycles. The molecule has 0 aliphatic heterocycles. The van der Waals surface area contributed by atoms with Crippen molar-refractivity contribution in [1.82, 2.24) is 10.6 Å². The molecule has 1 aromatic carbocycles. The first-order chi connectivity index (χ1) is 11.8. The molecule has 0 aliphatic rings. The molecule has 0 unspecified atom stereocenters. The largest absolute Gasteiger partial charge is 0.379 e. The number of nitrogens with one attached hydrogen (secondary N) is 2. The Kier molecular flexibility index (Phi) is 16.0. The van der Waals surface area contributed by atoms with E-state index in [1.165, 1.54) is 17.5 Å². The summed E-state index contributed by atoms with van der Waals surface area (Å²) in [5.74, 6) is 0.811. The van der Waals surface area contributed by atoms with E-state index in [0.717, 1.165) is 38.5 Å². The fraction of sp³-hybridized carbons (Fsp3) is 0.632. The van der Waals surface area contributed by atoms with Crippen molar-refractivity contribution in [3.63, 3.8) is 0 Å². The van der Waals surface area contributed by atoms with Crippen LogP contribution in [0.4, 0.5) is 0 Å². The van der Waals surface area contributed by atoms with E-state index < -0.39 is 0 Å². The number of aryl methyl sites for hydroxylation is 1. The van der Waals surface area contributed by atoms with Crippen molar-refractivity contribution in [1.29, 1.82) is 0 Å². The topological polar surface area (TPSA) is 54.9 Å². The molecule has 2 N–H and O–H groups in total. The summed E-state index contributed by atoms with van der Waals surface area (Å²) in [5, 5.41) is 6.57. The summed E-state index contributed by atoms with van der Waals surface area (Å²) in [6.07, 6.45) is 3.26. The summed E-state index contributed by atoms with van der Waals surface area (Å²) in [5.41, 5.74) is 2.63. The maximum Gasteiger partial charge on any atom is 0.191 e. The number of guanidine groups is 1. The average molecular weight is 463 g/mol. The van der Waals surface area contributed by atoms with E-state index in [9.17, 15) is 0 Å². The normalized spacial score (nSPS) is 11.1. The Morgan fingerprint density at radius 3 is 2.44 bits per heavy atom. The SMILES string of the molecule is CCCCOCCOCCNC(=NC)NCCc1cccc(C)c1.I. The molecule has 1 aromatic rings. The standard InChI is InChI=1S/C19H33N3O2.HI/c1-4-5-12-23-14-15-24-13-11-22-19(20-3)21-10-9-18-8-6-7-17(2)16-18;/h6-8,16H,4-5,9-15H2,1-3H3,(H2,20,21,22);1H. The molecule has 0 bridgehead atoms. The zero-order valence-corrected chi connectivity index (χ0v) is 18.2. The number of halogens is 1. The Labute approximate surface area is 170 Å². The van der Waals surface area contributed by atoms with E-state index in [1.54, 1.807) is 7.05 Å². The third-order valence-electron chi connectivity index (χ3n) is 3.57. The second-order valence-electron chi connectivity index (χ2n) is 5.74. The number of nitrogens with zero attached hydrogens (tertiary/aromatic N) is 1. The molecule has 0 radical (unpaired) electrons. The van der Waals surface area contributed by atoms with Crippen LogP contribution in [0.2, 0.25) is 0 Å². The number of aliphatic imine (C=N–C) groups is 1. The van der Waals surface area contributed by atoms with Crippen LogP contribution in [-0.2, 0) is 15.9 Å². The van der Waals surface area contributed by atoms with Crippen LogP contribution >= 0.6 is 24.0 Å². The first kappa shape index (κ1) is 24.1. The second-order valence-corrected chi connectivity index (χ2v) is 5.74. The van der Waals surface area contributed by atoms with Crippen molar-refractivity contribution in [2.75, 3.05) is 46.6 Å². The lowest BCUT2D eigenvalue weighted by Crippen LogP contribution is -2.39. The van der Waals surface area contributed by atoms with Gasteiger partial charge in [0, 0.05) is 26.7 Å². The van der Waals surface area contributed by atoms with Gasteiger partial charge in [0.2, 0.25) is 0 Å². The van der Waals surface area contributed by atoms with Crippen molar-refractivity contribution >= 4 is 29.9 Å². The molecule has 0 saturated heterocycles. The Bertz CT molecular complexity index is 470. The molecular formula is C19H34IN3O2. The van der Waals surface area contributed by atoms with Gasteiger partial charge in [0.05, 0.1) is 19.8 Å². The Morgan fingerprint density at radius 2 is 1.76 bits per heavy atom. The van der Waals surface area contributed by atoms with Gasteiger partial charge in [-0.3, -0.25) is 4.99 Å². The molecular weight excluding hydrogens is 429 g/mol. The average Bonchev–Trinajstić information content (AvgIpc) is 2.59. The molecule has 0 heterocycles. The first-order valence-corrected chi connectivity index (χ1v) is 8.91. The molecule has 6 heteroatoms. The Hall–Kier alpha value is -0.860. The third kappa shape index (κ3) is 13.1. The summed E-state index contributed by atoms with van der Waals surface area (Å²) in [4.78, 5) is 4.22. The van der Waals surface area contributed by atoms with Crippen LogP contribution in [0.1, 0.15) is 30.9 Å². The number of benzene rings is 1. The quantitative estimate of drug-likeness (QED) is 0.217. The maximum absolute atomic E-state index is 5.53. The van der Waals surface area contributed by atoms with Gasteiger partial charge in [0.15, 0.2) is 5.96 Å². The van der Waals surface area contributed by atoms with Gasteiger partial charge in [0.1, 0.15) is 0 Å². The van der Waals surface area contributed by atoms with Crippen molar-refractivity contribution < 1.29 is 9.47 Å². The van der Waals surface area contributed by atoms with Crippen LogP contribution in [0.25, 0.3) is 0 Å².